The number of nitrogens with two attached hydrogens (primary N) is 1. The first-order chi connectivity index (χ1) is 19.7. The molecule has 226 valence electrons. The van der Waals surface area contributed by atoms with E-state index in [1.165, 1.54) is 29.2 Å². The van der Waals surface area contributed by atoms with Crippen LogP contribution in [0, 0.1) is 0 Å². The number of rotatable bonds is 9. The third-order valence-corrected chi connectivity index (χ3v) is 7.82. The fraction of sp³-hybridized carbons (Fsp3) is 0.370. The van der Waals surface area contributed by atoms with Crippen molar-refractivity contribution in [2.75, 3.05) is 46.0 Å². The molecule has 2 aliphatic rings. The molecular weight excluding hydrogens is 608 g/mol. The standard InChI is InChI=1S/C27H25F6N3O4S2/c28-26(29,30)19-12-17(13-20(15-19)27(31,32)33)16-1-2-21(40-10-7-35-5-8-39-9-6-35)18(11-16)14-22-24(38)36(25(41)42-22)4-3-23(34)37/h1-2,11-15H,3-10H2,(H2,34,37). The number of nitrogens with zero attached hydrogens (tertiary/aromatic N) is 2. The number of hydrogen-bond acceptors (Lipinski definition) is 7. The molecule has 0 saturated carbocycles. The van der Waals surface area contributed by atoms with Gasteiger partial charge in [0.2, 0.25) is 5.91 Å². The number of ether oxygens (including phenoxy) is 2. The van der Waals surface area contributed by atoms with Crippen LogP contribution in [-0.2, 0) is 26.7 Å². The molecule has 0 atom stereocenters. The van der Waals surface area contributed by atoms with Gasteiger partial charge in [-0.1, -0.05) is 30.0 Å². The lowest BCUT2D eigenvalue weighted by atomic mass is 9.97. The summed E-state index contributed by atoms with van der Waals surface area (Å²) in [6.07, 6.45) is -8.74. The lowest BCUT2D eigenvalue weighted by Crippen LogP contribution is -2.38. The first kappa shape index (κ1) is 31.8. The maximum atomic E-state index is 13.5. The highest BCUT2D eigenvalue weighted by Gasteiger charge is 2.37. The summed E-state index contributed by atoms with van der Waals surface area (Å²) >= 11 is 6.19. The molecule has 0 spiro atoms. The van der Waals surface area contributed by atoms with Crippen molar-refractivity contribution in [2.45, 2.75) is 18.8 Å². The van der Waals surface area contributed by atoms with Gasteiger partial charge in [-0.05, 0) is 47.5 Å². The first-order valence-electron chi connectivity index (χ1n) is 12.6. The van der Waals surface area contributed by atoms with Gasteiger partial charge in [-0.3, -0.25) is 19.4 Å². The minimum absolute atomic E-state index is 0.0370. The summed E-state index contributed by atoms with van der Waals surface area (Å²) in [5, 5.41) is 0. The smallest absolute Gasteiger partial charge is 0.416 e. The normalized spacial score (nSPS) is 17.8. The zero-order chi connectivity index (χ0) is 30.7. The summed E-state index contributed by atoms with van der Waals surface area (Å²) in [5.74, 6) is -0.886. The van der Waals surface area contributed by atoms with Crippen LogP contribution in [0.4, 0.5) is 26.3 Å². The van der Waals surface area contributed by atoms with Crippen LogP contribution in [0.5, 0.6) is 5.75 Å². The Labute approximate surface area is 246 Å². The van der Waals surface area contributed by atoms with Crippen molar-refractivity contribution in [3.05, 3.63) is 58.0 Å². The van der Waals surface area contributed by atoms with E-state index in [1.54, 1.807) is 0 Å². The molecule has 0 aromatic heterocycles. The molecule has 2 aromatic carbocycles. The van der Waals surface area contributed by atoms with Crippen molar-refractivity contribution in [3.63, 3.8) is 0 Å². The molecule has 0 unspecified atom stereocenters. The predicted molar refractivity (Wildman–Crippen MR) is 148 cm³/mol. The molecule has 7 nitrogen and oxygen atoms in total. The largest absolute Gasteiger partial charge is 0.492 e. The fourth-order valence-electron chi connectivity index (χ4n) is 4.26. The van der Waals surface area contributed by atoms with Gasteiger partial charge in [-0.25, -0.2) is 0 Å². The quantitative estimate of drug-likeness (QED) is 0.232. The average molecular weight is 634 g/mol. The molecule has 0 bridgehead atoms. The number of carbonyl (C=O) groups is 2. The van der Waals surface area contributed by atoms with Crippen LogP contribution in [0.25, 0.3) is 17.2 Å². The van der Waals surface area contributed by atoms with E-state index in [2.05, 4.69) is 4.90 Å². The molecule has 2 aromatic rings. The molecule has 42 heavy (non-hydrogen) atoms. The highest BCUT2D eigenvalue weighted by molar-refractivity contribution is 8.26. The number of alkyl halides is 6. The van der Waals surface area contributed by atoms with Gasteiger partial charge in [0.15, 0.2) is 0 Å². The Hall–Kier alpha value is -3.14. The van der Waals surface area contributed by atoms with Gasteiger partial charge < -0.3 is 15.2 Å². The highest BCUT2D eigenvalue weighted by Crippen LogP contribution is 2.40. The minimum atomic E-state index is -5.01. The Bertz CT molecular complexity index is 1360. The van der Waals surface area contributed by atoms with E-state index in [0.717, 1.165) is 11.8 Å². The third-order valence-electron chi connectivity index (χ3n) is 6.44. The van der Waals surface area contributed by atoms with Gasteiger partial charge in [-0.2, -0.15) is 26.3 Å². The van der Waals surface area contributed by atoms with Gasteiger partial charge in [-0.15, -0.1) is 0 Å². The fourth-order valence-corrected chi connectivity index (χ4v) is 5.56. The van der Waals surface area contributed by atoms with Crippen LogP contribution >= 0.6 is 24.0 Å². The van der Waals surface area contributed by atoms with Crippen LogP contribution in [0.15, 0.2) is 41.3 Å². The van der Waals surface area contributed by atoms with E-state index in [-0.39, 0.29) is 57.3 Å². The Balaban J connectivity index is 1.71. The molecule has 2 heterocycles. The van der Waals surface area contributed by atoms with Gasteiger partial charge in [0.25, 0.3) is 5.91 Å². The Morgan fingerprint density at radius 1 is 1.00 bits per heavy atom. The number of benzene rings is 2. The highest BCUT2D eigenvalue weighted by atomic mass is 32.2. The molecule has 2 aliphatic heterocycles. The number of thiocarbonyl (C=S) groups is 1. The van der Waals surface area contributed by atoms with Gasteiger partial charge in [0.05, 0.1) is 29.2 Å². The second-order valence-electron chi connectivity index (χ2n) is 9.40. The molecule has 0 radical (unpaired) electrons. The summed E-state index contributed by atoms with van der Waals surface area (Å²) < 4.78 is 92.4. The molecule has 2 N–H and O–H groups in total. The summed E-state index contributed by atoms with van der Waals surface area (Å²) in [6, 6.07) is 5.48. The SMILES string of the molecule is NC(=O)CCN1C(=O)C(=Cc2cc(-c3cc(C(F)(F)F)cc(C(F)(F)F)c3)ccc2OCCN2CCOCC2)SC1=S. The Kier molecular flexibility index (Phi) is 9.85. The van der Waals surface area contributed by atoms with Gasteiger partial charge in [0.1, 0.15) is 16.7 Å². The number of hydrogen-bond donors (Lipinski definition) is 1. The number of carbonyl (C=O) groups excluding carboxylic acids is 2. The number of halogens is 6. The van der Waals surface area contributed by atoms with Crippen LogP contribution in [0.3, 0.4) is 0 Å². The Morgan fingerprint density at radius 3 is 2.24 bits per heavy atom. The van der Waals surface area contributed by atoms with Crippen LogP contribution in [-0.4, -0.2) is 71.9 Å². The zero-order valence-corrected chi connectivity index (χ0v) is 23.5. The predicted octanol–water partition coefficient (Wildman–Crippen LogP) is 5.18. The third kappa shape index (κ3) is 8.02. The summed E-state index contributed by atoms with van der Waals surface area (Å²) in [4.78, 5) is 27.7. The lowest BCUT2D eigenvalue weighted by Gasteiger charge is -2.26. The zero-order valence-electron chi connectivity index (χ0n) is 21.9. The molecule has 2 amide bonds. The maximum absolute atomic E-state index is 13.5. The van der Waals surface area contributed by atoms with Crippen LogP contribution in [0.2, 0.25) is 0 Å². The second kappa shape index (κ2) is 13.0. The monoisotopic (exact) mass is 633 g/mol. The lowest BCUT2D eigenvalue weighted by molar-refractivity contribution is -0.143. The molecular formula is C27H25F6N3O4S2. The number of primary amides is 1. The van der Waals surface area contributed by atoms with E-state index in [0.29, 0.717) is 45.0 Å². The van der Waals surface area contributed by atoms with E-state index < -0.39 is 35.3 Å². The van der Waals surface area contributed by atoms with Crippen molar-refractivity contribution in [1.29, 1.82) is 0 Å². The van der Waals surface area contributed by atoms with Gasteiger partial charge in [0, 0.05) is 38.2 Å². The van der Waals surface area contributed by atoms with Crippen molar-refractivity contribution < 1.29 is 45.4 Å². The second-order valence-corrected chi connectivity index (χ2v) is 11.1. The van der Waals surface area contributed by atoms with Crippen molar-refractivity contribution in [2.24, 2.45) is 5.73 Å². The summed E-state index contributed by atoms with van der Waals surface area (Å²) in [6.45, 7) is 3.30. The Morgan fingerprint density at radius 2 is 1.64 bits per heavy atom. The summed E-state index contributed by atoms with van der Waals surface area (Å²) in [5.41, 5.74) is 2.25. The van der Waals surface area contributed by atoms with Crippen LogP contribution in [0.1, 0.15) is 23.1 Å². The number of thioether (sulfide) groups is 1. The topological polar surface area (TPSA) is 85.1 Å². The van der Waals surface area contributed by atoms with E-state index in [1.807, 2.05) is 0 Å². The summed E-state index contributed by atoms with van der Waals surface area (Å²) in [7, 11) is 0. The molecule has 0 aliphatic carbocycles. The van der Waals surface area contributed by atoms with Crippen molar-refractivity contribution >= 4 is 46.2 Å². The molecule has 4 rings (SSSR count). The minimum Gasteiger partial charge on any atom is -0.492 e. The van der Waals surface area contributed by atoms with Gasteiger partial charge >= 0.3 is 12.4 Å². The number of morpholine rings is 1. The maximum Gasteiger partial charge on any atom is 0.416 e. The van der Waals surface area contributed by atoms with E-state index in [4.69, 9.17) is 27.4 Å². The molecule has 15 heteroatoms. The molecule has 2 saturated heterocycles. The van der Waals surface area contributed by atoms with Crippen molar-refractivity contribution in [1.82, 2.24) is 9.80 Å². The van der Waals surface area contributed by atoms with Crippen LogP contribution < -0.4 is 10.5 Å². The van der Waals surface area contributed by atoms with Crippen molar-refractivity contribution in [3.8, 4) is 16.9 Å². The molecule has 2 fully saturated rings. The average Bonchev–Trinajstić information content (AvgIpc) is 3.19. The number of amides is 2. The van der Waals surface area contributed by atoms with E-state index in [9.17, 15) is 35.9 Å². The first-order valence-corrected chi connectivity index (χ1v) is 13.9. The van der Waals surface area contributed by atoms with E-state index >= 15 is 0 Å².